The van der Waals surface area contributed by atoms with Crippen molar-refractivity contribution in [1.82, 2.24) is 20.4 Å². The first-order valence-electron chi connectivity index (χ1n) is 8.19. The Bertz CT molecular complexity index is 589. The molecule has 0 unspecified atom stereocenters. The predicted molar refractivity (Wildman–Crippen MR) is 88.3 cm³/mol. The Hall–Kier alpha value is -1.37. The third-order valence-electron chi connectivity index (χ3n) is 4.55. The molecule has 1 N–H and O–H groups in total. The number of piperidine rings is 1. The van der Waals surface area contributed by atoms with E-state index >= 15 is 0 Å². The van der Waals surface area contributed by atoms with Crippen LogP contribution in [0.2, 0.25) is 0 Å². The number of hydrogen-bond donors (Lipinski definition) is 1. The first-order valence-corrected chi connectivity index (χ1v) is 8.19. The molecule has 2 aromatic rings. The van der Waals surface area contributed by atoms with Crippen molar-refractivity contribution in [2.24, 2.45) is 5.92 Å². The lowest BCUT2D eigenvalue weighted by atomic mass is 10.0. The summed E-state index contributed by atoms with van der Waals surface area (Å²) in [6.07, 6.45) is 6.85. The third-order valence-corrected chi connectivity index (χ3v) is 4.55. The van der Waals surface area contributed by atoms with Crippen LogP contribution in [0.4, 0.5) is 0 Å². The second kappa shape index (κ2) is 7.47. The van der Waals surface area contributed by atoms with Crippen LogP contribution in [0.5, 0.6) is 0 Å². The van der Waals surface area contributed by atoms with Gasteiger partial charge in [-0.05, 0) is 50.3 Å². The van der Waals surface area contributed by atoms with E-state index in [-0.39, 0.29) is 12.4 Å². The first-order chi connectivity index (χ1) is 10.9. The summed E-state index contributed by atoms with van der Waals surface area (Å²) < 4.78 is 10.6. The molecule has 126 valence electrons. The highest BCUT2D eigenvalue weighted by molar-refractivity contribution is 5.85. The van der Waals surface area contributed by atoms with Gasteiger partial charge in [0.05, 0.1) is 12.8 Å². The third kappa shape index (κ3) is 4.34. The van der Waals surface area contributed by atoms with E-state index < -0.39 is 0 Å². The molecule has 23 heavy (non-hydrogen) atoms. The quantitative estimate of drug-likeness (QED) is 0.873. The Balaban J connectivity index is 0.00000156. The van der Waals surface area contributed by atoms with Crippen LogP contribution in [0.25, 0.3) is 11.6 Å². The fourth-order valence-corrected chi connectivity index (χ4v) is 2.97. The molecule has 1 saturated heterocycles. The molecule has 0 bridgehead atoms. The van der Waals surface area contributed by atoms with Gasteiger partial charge in [-0.25, -0.2) is 0 Å². The number of rotatable bonds is 6. The molecule has 0 spiro atoms. The summed E-state index contributed by atoms with van der Waals surface area (Å²) in [6.45, 7) is 4.10. The number of halogens is 1. The number of likely N-dealkylation sites (tertiary alicyclic amines) is 1. The van der Waals surface area contributed by atoms with Crippen molar-refractivity contribution in [1.29, 1.82) is 0 Å². The van der Waals surface area contributed by atoms with Crippen molar-refractivity contribution >= 4 is 12.4 Å². The van der Waals surface area contributed by atoms with Crippen molar-refractivity contribution in [3.05, 3.63) is 24.3 Å². The average Bonchev–Trinajstić information content (AvgIpc) is 3.01. The van der Waals surface area contributed by atoms with Gasteiger partial charge in [-0.15, -0.1) is 12.4 Å². The normalized spacial score (nSPS) is 19.7. The highest BCUT2D eigenvalue weighted by Crippen LogP contribution is 2.28. The summed E-state index contributed by atoms with van der Waals surface area (Å²) in [5.74, 6) is 2.80. The van der Waals surface area contributed by atoms with Crippen LogP contribution in [0.15, 0.2) is 27.3 Å². The zero-order chi connectivity index (χ0) is 14.8. The summed E-state index contributed by atoms with van der Waals surface area (Å²) in [5, 5.41) is 7.68. The van der Waals surface area contributed by atoms with E-state index in [0.717, 1.165) is 25.6 Å². The van der Waals surface area contributed by atoms with Gasteiger partial charge in [-0.2, -0.15) is 4.98 Å². The van der Waals surface area contributed by atoms with Crippen LogP contribution < -0.4 is 5.32 Å². The van der Waals surface area contributed by atoms with Gasteiger partial charge in [0.15, 0.2) is 5.76 Å². The number of hydrogen-bond acceptors (Lipinski definition) is 6. The van der Waals surface area contributed by atoms with Crippen molar-refractivity contribution in [3.63, 3.8) is 0 Å². The molecular weight excluding hydrogens is 316 g/mol. The van der Waals surface area contributed by atoms with Crippen LogP contribution in [0, 0.1) is 5.92 Å². The maximum Gasteiger partial charge on any atom is 0.241 e. The summed E-state index contributed by atoms with van der Waals surface area (Å²) >= 11 is 0. The molecule has 0 aromatic carbocycles. The highest BCUT2D eigenvalue weighted by atomic mass is 35.5. The molecule has 1 saturated carbocycles. The summed E-state index contributed by atoms with van der Waals surface area (Å²) in [5.41, 5.74) is 0. The van der Waals surface area contributed by atoms with E-state index in [9.17, 15) is 0 Å². The zero-order valence-electron chi connectivity index (χ0n) is 13.1. The van der Waals surface area contributed by atoms with Crippen molar-refractivity contribution in [2.75, 3.05) is 19.6 Å². The van der Waals surface area contributed by atoms with E-state index in [2.05, 4.69) is 20.4 Å². The second-order valence-electron chi connectivity index (χ2n) is 6.39. The molecule has 2 fully saturated rings. The molecule has 1 aliphatic carbocycles. The summed E-state index contributed by atoms with van der Waals surface area (Å²) in [7, 11) is 0. The van der Waals surface area contributed by atoms with Gasteiger partial charge in [0, 0.05) is 19.1 Å². The number of furan rings is 1. The Morgan fingerprint density at radius 2 is 2.04 bits per heavy atom. The molecule has 3 heterocycles. The largest absolute Gasteiger partial charge is 0.461 e. The minimum absolute atomic E-state index is 0. The first kappa shape index (κ1) is 16.5. The zero-order valence-corrected chi connectivity index (χ0v) is 13.9. The Labute approximate surface area is 142 Å². The van der Waals surface area contributed by atoms with Gasteiger partial charge < -0.3 is 14.3 Å². The van der Waals surface area contributed by atoms with Gasteiger partial charge in [0.2, 0.25) is 11.7 Å². The summed E-state index contributed by atoms with van der Waals surface area (Å²) in [4.78, 5) is 6.79. The SMILES string of the molecule is Cl.c1coc(-c2noc(CN3CCC(NCC4CC4)CC3)n2)c1. The molecule has 4 rings (SSSR count). The fraction of sp³-hybridized carbons (Fsp3) is 0.625. The molecule has 7 heteroatoms. The Kier molecular flexibility index (Phi) is 5.35. The van der Waals surface area contributed by atoms with Crippen LogP contribution in [-0.4, -0.2) is 40.7 Å². The van der Waals surface area contributed by atoms with E-state index in [1.165, 1.54) is 32.2 Å². The van der Waals surface area contributed by atoms with Gasteiger partial charge >= 0.3 is 0 Å². The summed E-state index contributed by atoms with van der Waals surface area (Å²) in [6, 6.07) is 4.34. The molecule has 2 aliphatic rings. The average molecular weight is 339 g/mol. The molecule has 0 amide bonds. The fourth-order valence-electron chi connectivity index (χ4n) is 2.97. The minimum Gasteiger partial charge on any atom is -0.461 e. The number of aromatic nitrogens is 2. The van der Waals surface area contributed by atoms with Crippen LogP contribution in [0.1, 0.15) is 31.6 Å². The predicted octanol–water partition coefficient (Wildman–Crippen LogP) is 2.72. The smallest absolute Gasteiger partial charge is 0.241 e. The lowest BCUT2D eigenvalue weighted by Crippen LogP contribution is -2.42. The molecule has 1 aliphatic heterocycles. The van der Waals surface area contributed by atoms with Crippen molar-refractivity contribution in [3.8, 4) is 11.6 Å². The Morgan fingerprint density at radius 1 is 1.22 bits per heavy atom. The Morgan fingerprint density at radius 3 is 2.74 bits per heavy atom. The van der Waals surface area contributed by atoms with Gasteiger partial charge in [0.1, 0.15) is 0 Å². The topological polar surface area (TPSA) is 67.3 Å². The van der Waals surface area contributed by atoms with E-state index in [1.807, 2.05) is 12.1 Å². The molecule has 6 nitrogen and oxygen atoms in total. The maximum absolute atomic E-state index is 5.33. The van der Waals surface area contributed by atoms with E-state index in [4.69, 9.17) is 8.94 Å². The van der Waals surface area contributed by atoms with E-state index in [0.29, 0.717) is 23.5 Å². The lowest BCUT2D eigenvalue weighted by Gasteiger charge is -2.31. The van der Waals surface area contributed by atoms with Gasteiger partial charge in [-0.3, -0.25) is 4.90 Å². The molecular formula is C16H23ClN4O2. The minimum atomic E-state index is 0. The van der Waals surface area contributed by atoms with Crippen LogP contribution in [0.3, 0.4) is 0 Å². The van der Waals surface area contributed by atoms with E-state index in [1.54, 1.807) is 6.26 Å². The van der Waals surface area contributed by atoms with Gasteiger partial charge in [0.25, 0.3) is 0 Å². The second-order valence-corrected chi connectivity index (χ2v) is 6.39. The monoisotopic (exact) mass is 338 g/mol. The highest BCUT2D eigenvalue weighted by Gasteiger charge is 2.25. The van der Waals surface area contributed by atoms with Gasteiger partial charge in [-0.1, -0.05) is 5.16 Å². The standard InChI is InChI=1S/C16H22N4O2.ClH/c1-2-14(21-9-1)16-18-15(22-19-16)11-20-7-5-13(6-8-20)17-10-12-3-4-12;/h1-2,9,12-13,17H,3-8,10-11H2;1H. The van der Waals surface area contributed by atoms with Crippen LogP contribution in [-0.2, 0) is 6.54 Å². The van der Waals surface area contributed by atoms with Crippen LogP contribution >= 0.6 is 12.4 Å². The number of nitrogens with one attached hydrogen (secondary N) is 1. The maximum atomic E-state index is 5.33. The molecule has 0 atom stereocenters. The molecule has 0 radical (unpaired) electrons. The lowest BCUT2D eigenvalue weighted by molar-refractivity contribution is 0.170. The van der Waals surface area contributed by atoms with Crippen molar-refractivity contribution < 1.29 is 8.94 Å². The number of nitrogens with zero attached hydrogens (tertiary/aromatic N) is 3. The molecule has 2 aromatic heterocycles. The van der Waals surface area contributed by atoms with Crippen molar-refractivity contribution in [2.45, 2.75) is 38.3 Å².